The number of hydrogen-bond donors (Lipinski definition) is 3. The quantitative estimate of drug-likeness (QED) is 0.737. The van der Waals surface area contributed by atoms with Gasteiger partial charge in [0.1, 0.15) is 0 Å². The van der Waals surface area contributed by atoms with Crippen molar-refractivity contribution in [2.24, 2.45) is 5.41 Å². The smallest absolute Gasteiger partial charge is 0.255 e. The monoisotopic (exact) mass is 279 g/mol. The van der Waals surface area contributed by atoms with E-state index in [4.69, 9.17) is 4.74 Å². The van der Waals surface area contributed by atoms with E-state index in [1.165, 1.54) is 18.2 Å². The molecule has 0 aromatic heterocycles. The Bertz CT molecular complexity index is 513. The summed E-state index contributed by atoms with van der Waals surface area (Å²) in [5.74, 6) is -1.06. The lowest BCUT2D eigenvalue weighted by Gasteiger charge is -2.51. The fourth-order valence-corrected chi connectivity index (χ4v) is 2.56. The predicted octanol–water partition coefficient (Wildman–Crippen LogP) is 2.03. The molecule has 0 spiro atoms. The predicted molar refractivity (Wildman–Crippen MR) is 74.8 cm³/mol. The third kappa shape index (κ3) is 2.45. The van der Waals surface area contributed by atoms with Crippen LogP contribution in [0.4, 0.5) is 0 Å². The van der Waals surface area contributed by atoms with Gasteiger partial charge in [0.15, 0.2) is 11.5 Å². The van der Waals surface area contributed by atoms with Crippen molar-refractivity contribution in [3.8, 4) is 11.5 Å². The molecule has 0 aliphatic heterocycles. The fraction of sp³-hybridized carbons (Fsp3) is 0.533. The van der Waals surface area contributed by atoms with Gasteiger partial charge in [-0.25, -0.2) is 0 Å². The van der Waals surface area contributed by atoms with E-state index in [1.54, 1.807) is 0 Å². The molecule has 0 radical (unpaired) electrons. The summed E-state index contributed by atoms with van der Waals surface area (Å²) in [5.41, 5.74) is -0.0568. The van der Waals surface area contributed by atoms with Crippen molar-refractivity contribution in [1.29, 1.82) is 0 Å². The summed E-state index contributed by atoms with van der Waals surface area (Å²) in [5, 5.41) is 22.0. The Morgan fingerprint density at radius 2 is 2.15 bits per heavy atom. The molecular weight excluding hydrogens is 258 g/mol. The molecule has 1 amide bonds. The van der Waals surface area contributed by atoms with Gasteiger partial charge in [-0.2, -0.15) is 0 Å². The summed E-state index contributed by atoms with van der Waals surface area (Å²) in [6, 6.07) is 4.34. The van der Waals surface area contributed by atoms with Crippen LogP contribution in [0.3, 0.4) is 0 Å². The van der Waals surface area contributed by atoms with Crippen LogP contribution < -0.4 is 5.32 Å². The number of carbonyl (C=O) groups excluding carboxylic acids is 1. The molecular formula is C15H21NO4. The van der Waals surface area contributed by atoms with Crippen LogP contribution >= 0.6 is 0 Å². The molecule has 2 unspecified atom stereocenters. The van der Waals surface area contributed by atoms with Crippen molar-refractivity contribution in [2.45, 2.75) is 39.3 Å². The molecule has 20 heavy (non-hydrogen) atoms. The Labute approximate surface area is 118 Å². The molecule has 1 fully saturated rings. The van der Waals surface area contributed by atoms with Crippen LogP contribution in [0.25, 0.3) is 0 Å². The van der Waals surface area contributed by atoms with Crippen molar-refractivity contribution in [3.05, 3.63) is 23.8 Å². The number of hydrogen-bond acceptors (Lipinski definition) is 4. The van der Waals surface area contributed by atoms with Crippen molar-refractivity contribution < 1.29 is 19.7 Å². The minimum atomic E-state index is -0.386. The normalized spacial score (nSPS) is 23.9. The van der Waals surface area contributed by atoms with E-state index in [1.807, 2.05) is 20.8 Å². The second kappa shape index (κ2) is 5.32. The number of aromatic hydroxyl groups is 2. The van der Waals surface area contributed by atoms with E-state index in [0.29, 0.717) is 6.61 Å². The molecule has 1 aliphatic carbocycles. The summed E-state index contributed by atoms with van der Waals surface area (Å²) >= 11 is 0. The summed E-state index contributed by atoms with van der Waals surface area (Å²) in [6.45, 7) is 6.70. The molecule has 2 rings (SSSR count). The number of para-hydroxylation sites is 1. The standard InChI is InChI=1S/C15H21NO4/c1-4-20-12-8-11(15(12,2)3)16-14(19)9-6-5-7-10(17)13(9)18/h5-7,11-12,17-18H,4,8H2,1-3H3,(H,16,19). The molecule has 0 heterocycles. The molecule has 110 valence electrons. The Morgan fingerprint density at radius 3 is 2.75 bits per heavy atom. The Balaban J connectivity index is 2.05. The summed E-state index contributed by atoms with van der Waals surface area (Å²) in [7, 11) is 0. The summed E-state index contributed by atoms with van der Waals surface area (Å²) < 4.78 is 5.61. The first-order valence-corrected chi connectivity index (χ1v) is 6.81. The maximum Gasteiger partial charge on any atom is 0.255 e. The molecule has 5 nitrogen and oxygen atoms in total. The Hall–Kier alpha value is -1.75. The lowest BCUT2D eigenvalue weighted by Crippen LogP contribution is -2.62. The van der Waals surface area contributed by atoms with E-state index in [-0.39, 0.29) is 40.5 Å². The van der Waals surface area contributed by atoms with E-state index in [0.717, 1.165) is 6.42 Å². The first kappa shape index (κ1) is 14.7. The lowest BCUT2D eigenvalue weighted by atomic mass is 9.64. The van der Waals surface area contributed by atoms with E-state index in [9.17, 15) is 15.0 Å². The molecule has 3 N–H and O–H groups in total. The van der Waals surface area contributed by atoms with Gasteiger partial charge < -0.3 is 20.3 Å². The number of phenols is 2. The molecule has 5 heteroatoms. The highest BCUT2D eigenvalue weighted by atomic mass is 16.5. The zero-order valence-corrected chi connectivity index (χ0v) is 12.0. The lowest BCUT2D eigenvalue weighted by molar-refractivity contribution is -0.111. The molecule has 0 saturated heterocycles. The van der Waals surface area contributed by atoms with Crippen LogP contribution in [0.5, 0.6) is 11.5 Å². The molecule has 2 atom stereocenters. The van der Waals surface area contributed by atoms with Crippen LogP contribution in [-0.2, 0) is 4.74 Å². The molecule has 1 saturated carbocycles. The molecule has 1 aromatic carbocycles. The van der Waals surface area contributed by atoms with Crippen LogP contribution in [-0.4, -0.2) is 34.9 Å². The highest BCUT2D eigenvalue weighted by molar-refractivity contribution is 5.97. The average Bonchev–Trinajstić information content (AvgIpc) is 2.40. The number of amides is 1. The van der Waals surface area contributed by atoms with E-state index >= 15 is 0 Å². The third-order valence-electron chi connectivity index (χ3n) is 4.11. The highest BCUT2D eigenvalue weighted by Crippen LogP contribution is 2.43. The van der Waals surface area contributed by atoms with Gasteiger partial charge in [0.05, 0.1) is 11.7 Å². The van der Waals surface area contributed by atoms with Crippen molar-refractivity contribution in [2.75, 3.05) is 6.61 Å². The number of benzene rings is 1. The largest absolute Gasteiger partial charge is 0.504 e. The fourth-order valence-electron chi connectivity index (χ4n) is 2.56. The first-order valence-electron chi connectivity index (χ1n) is 6.81. The number of rotatable bonds is 4. The second-order valence-electron chi connectivity index (χ2n) is 5.70. The Kier molecular flexibility index (Phi) is 3.90. The van der Waals surface area contributed by atoms with Gasteiger partial charge in [-0.3, -0.25) is 4.79 Å². The van der Waals surface area contributed by atoms with Gasteiger partial charge in [0.25, 0.3) is 5.91 Å². The van der Waals surface area contributed by atoms with Crippen molar-refractivity contribution >= 4 is 5.91 Å². The van der Waals surface area contributed by atoms with Crippen LogP contribution in [0.2, 0.25) is 0 Å². The van der Waals surface area contributed by atoms with E-state index < -0.39 is 0 Å². The van der Waals surface area contributed by atoms with Gasteiger partial charge in [0, 0.05) is 18.1 Å². The number of phenolic OH excluding ortho intramolecular Hbond substituents is 2. The third-order valence-corrected chi connectivity index (χ3v) is 4.11. The first-order chi connectivity index (χ1) is 9.37. The van der Waals surface area contributed by atoms with E-state index in [2.05, 4.69) is 5.32 Å². The number of nitrogens with one attached hydrogen (secondary N) is 1. The van der Waals surface area contributed by atoms with Crippen LogP contribution in [0.1, 0.15) is 37.6 Å². The SMILES string of the molecule is CCOC1CC(NC(=O)c2cccc(O)c2O)C1(C)C. The van der Waals surface area contributed by atoms with Gasteiger partial charge in [-0.15, -0.1) is 0 Å². The van der Waals surface area contributed by atoms with Crippen molar-refractivity contribution in [1.82, 2.24) is 5.32 Å². The topological polar surface area (TPSA) is 78.8 Å². The van der Waals surface area contributed by atoms with Crippen molar-refractivity contribution in [3.63, 3.8) is 0 Å². The molecule has 1 aromatic rings. The van der Waals surface area contributed by atoms with Crippen LogP contribution in [0.15, 0.2) is 18.2 Å². The zero-order valence-electron chi connectivity index (χ0n) is 12.0. The average molecular weight is 279 g/mol. The minimum Gasteiger partial charge on any atom is -0.504 e. The molecule has 0 bridgehead atoms. The van der Waals surface area contributed by atoms with Gasteiger partial charge >= 0.3 is 0 Å². The molecule has 1 aliphatic rings. The summed E-state index contributed by atoms with van der Waals surface area (Å²) in [6.07, 6.45) is 0.891. The van der Waals surface area contributed by atoms with Gasteiger partial charge in [-0.05, 0) is 25.5 Å². The minimum absolute atomic E-state index is 0.00620. The van der Waals surface area contributed by atoms with Gasteiger partial charge in [0.2, 0.25) is 0 Å². The summed E-state index contributed by atoms with van der Waals surface area (Å²) in [4.78, 5) is 12.2. The zero-order chi connectivity index (χ0) is 14.9. The maximum atomic E-state index is 12.2. The highest BCUT2D eigenvalue weighted by Gasteiger charge is 2.49. The van der Waals surface area contributed by atoms with Gasteiger partial charge in [-0.1, -0.05) is 19.9 Å². The van der Waals surface area contributed by atoms with Crippen LogP contribution in [0, 0.1) is 5.41 Å². The number of carbonyl (C=O) groups is 1. The maximum absolute atomic E-state index is 12.2. The number of ether oxygens (including phenoxy) is 1. The second-order valence-corrected chi connectivity index (χ2v) is 5.70. The Morgan fingerprint density at radius 1 is 1.45 bits per heavy atom.